The fourth-order valence-corrected chi connectivity index (χ4v) is 3.70. The average Bonchev–Trinajstić information content (AvgIpc) is 3.16. The van der Waals surface area contributed by atoms with E-state index in [9.17, 15) is 4.79 Å². The topological polar surface area (TPSA) is 72.7 Å². The van der Waals surface area contributed by atoms with Gasteiger partial charge in [-0.1, -0.05) is 49.0 Å². The van der Waals surface area contributed by atoms with Gasteiger partial charge in [-0.2, -0.15) is 0 Å². The van der Waals surface area contributed by atoms with Crippen molar-refractivity contribution in [3.63, 3.8) is 0 Å². The summed E-state index contributed by atoms with van der Waals surface area (Å²) in [6.45, 7) is 8.50. The molecule has 2 heterocycles. The molecule has 3 rings (SSSR count). The Hall–Kier alpha value is -2.93. The number of aryl methyl sites for hydroxylation is 1. The number of hydrogen-bond donors (Lipinski definition) is 1. The molecule has 0 unspecified atom stereocenters. The molecule has 0 radical (unpaired) electrons. The van der Waals surface area contributed by atoms with Crippen molar-refractivity contribution in [2.24, 2.45) is 0 Å². The van der Waals surface area contributed by atoms with E-state index in [0.717, 1.165) is 23.4 Å². The van der Waals surface area contributed by atoms with Gasteiger partial charge in [0.1, 0.15) is 0 Å². The van der Waals surface area contributed by atoms with Crippen LogP contribution in [0.3, 0.4) is 0 Å². The SMILES string of the molecule is C=CCn1c(SCC(=O)N[C@H](C)c2ccc(CC)cc2)nnc1-c1ccncc1. The third kappa shape index (κ3) is 5.32. The molecule has 1 atom stereocenters. The molecule has 29 heavy (non-hydrogen) atoms. The zero-order valence-electron chi connectivity index (χ0n) is 16.7. The van der Waals surface area contributed by atoms with Gasteiger partial charge < -0.3 is 5.32 Å². The average molecular weight is 408 g/mol. The summed E-state index contributed by atoms with van der Waals surface area (Å²) >= 11 is 1.37. The minimum Gasteiger partial charge on any atom is -0.349 e. The predicted octanol–water partition coefficient (Wildman–Crippen LogP) is 4.06. The Bertz CT molecular complexity index is 953. The van der Waals surface area contributed by atoms with Gasteiger partial charge in [-0.3, -0.25) is 14.3 Å². The quantitative estimate of drug-likeness (QED) is 0.428. The van der Waals surface area contributed by atoms with Gasteiger partial charge in [-0.15, -0.1) is 16.8 Å². The maximum Gasteiger partial charge on any atom is 0.230 e. The van der Waals surface area contributed by atoms with Crippen molar-refractivity contribution in [2.75, 3.05) is 5.75 Å². The number of carbonyl (C=O) groups excluding carboxylic acids is 1. The van der Waals surface area contributed by atoms with Crippen LogP contribution in [-0.4, -0.2) is 31.4 Å². The summed E-state index contributed by atoms with van der Waals surface area (Å²) in [7, 11) is 0. The van der Waals surface area contributed by atoms with Crippen LogP contribution in [0.1, 0.15) is 31.0 Å². The standard InChI is InChI=1S/C22H25N5OS/c1-4-14-27-21(19-10-12-23-13-11-19)25-26-22(27)29-15-20(28)24-16(3)18-8-6-17(5-2)7-9-18/h4,6-13,16H,1,5,14-15H2,2-3H3,(H,24,28)/t16-/m1/s1. The normalized spacial score (nSPS) is 11.8. The van der Waals surface area contributed by atoms with E-state index in [0.29, 0.717) is 11.7 Å². The molecule has 0 bridgehead atoms. The van der Waals surface area contributed by atoms with E-state index in [-0.39, 0.29) is 17.7 Å². The second kappa shape index (κ2) is 10.0. The van der Waals surface area contributed by atoms with Crippen molar-refractivity contribution in [1.29, 1.82) is 0 Å². The van der Waals surface area contributed by atoms with E-state index >= 15 is 0 Å². The first-order valence-electron chi connectivity index (χ1n) is 9.57. The highest BCUT2D eigenvalue weighted by Gasteiger charge is 2.16. The maximum atomic E-state index is 12.5. The van der Waals surface area contributed by atoms with Crippen LogP contribution in [0.25, 0.3) is 11.4 Å². The molecule has 0 aliphatic rings. The fraction of sp³-hybridized carbons (Fsp3) is 0.273. The molecule has 0 aliphatic carbocycles. The number of pyridine rings is 1. The molecule has 7 heteroatoms. The molecule has 0 spiro atoms. The second-order valence-electron chi connectivity index (χ2n) is 6.61. The van der Waals surface area contributed by atoms with Crippen LogP contribution in [0.5, 0.6) is 0 Å². The second-order valence-corrected chi connectivity index (χ2v) is 7.56. The Balaban J connectivity index is 1.63. The van der Waals surface area contributed by atoms with Gasteiger partial charge in [0.2, 0.25) is 5.91 Å². The summed E-state index contributed by atoms with van der Waals surface area (Å²) in [5.41, 5.74) is 3.31. The molecule has 0 fully saturated rings. The van der Waals surface area contributed by atoms with Crippen LogP contribution in [0.15, 0.2) is 66.6 Å². The van der Waals surface area contributed by atoms with Crippen molar-refractivity contribution in [3.05, 3.63) is 72.6 Å². The first kappa shape index (κ1) is 20.8. The van der Waals surface area contributed by atoms with Gasteiger partial charge in [0.15, 0.2) is 11.0 Å². The lowest BCUT2D eigenvalue weighted by molar-refractivity contribution is -0.119. The number of rotatable bonds is 9. The van der Waals surface area contributed by atoms with Crippen molar-refractivity contribution in [3.8, 4) is 11.4 Å². The highest BCUT2D eigenvalue weighted by Crippen LogP contribution is 2.24. The predicted molar refractivity (Wildman–Crippen MR) is 117 cm³/mol. The monoisotopic (exact) mass is 407 g/mol. The van der Waals surface area contributed by atoms with Gasteiger partial charge >= 0.3 is 0 Å². The zero-order valence-corrected chi connectivity index (χ0v) is 17.5. The summed E-state index contributed by atoms with van der Waals surface area (Å²) < 4.78 is 1.95. The summed E-state index contributed by atoms with van der Waals surface area (Å²) in [6, 6.07) is 12.1. The van der Waals surface area contributed by atoms with Crippen molar-refractivity contribution in [1.82, 2.24) is 25.1 Å². The molecule has 1 aromatic carbocycles. The Morgan fingerprint density at radius 1 is 1.21 bits per heavy atom. The number of hydrogen-bond acceptors (Lipinski definition) is 5. The van der Waals surface area contributed by atoms with E-state index in [1.165, 1.54) is 17.3 Å². The van der Waals surface area contributed by atoms with E-state index in [1.54, 1.807) is 18.5 Å². The molecule has 1 amide bonds. The molecule has 1 N–H and O–H groups in total. The smallest absolute Gasteiger partial charge is 0.230 e. The Morgan fingerprint density at radius 3 is 2.59 bits per heavy atom. The lowest BCUT2D eigenvalue weighted by Crippen LogP contribution is -2.28. The molecule has 2 aromatic heterocycles. The number of nitrogens with one attached hydrogen (secondary N) is 1. The number of thioether (sulfide) groups is 1. The lowest BCUT2D eigenvalue weighted by atomic mass is 10.1. The van der Waals surface area contributed by atoms with Gasteiger partial charge in [0, 0.05) is 24.5 Å². The summed E-state index contributed by atoms with van der Waals surface area (Å²) in [5, 5.41) is 12.3. The van der Waals surface area contributed by atoms with Crippen molar-refractivity contribution >= 4 is 17.7 Å². The molecular formula is C22H25N5OS. The van der Waals surface area contributed by atoms with Gasteiger partial charge in [0.05, 0.1) is 11.8 Å². The minimum atomic E-state index is -0.0487. The highest BCUT2D eigenvalue weighted by molar-refractivity contribution is 7.99. The number of allylic oxidation sites excluding steroid dienone is 1. The van der Waals surface area contributed by atoms with Crippen molar-refractivity contribution in [2.45, 2.75) is 38.0 Å². The van der Waals surface area contributed by atoms with E-state index < -0.39 is 0 Å². The maximum absolute atomic E-state index is 12.5. The number of amides is 1. The van der Waals surface area contributed by atoms with Crippen LogP contribution in [-0.2, 0) is 17.8 Å². The van der Waals surface area contributed by atoms with E-state index in [2.05, 4.69) is 58.3 Å². The Morgan fingerprint density at radius 2 is 1.93 bits per heavy atom. The van der Waals surface area contributed by atoms with Crippen LogP contribution < -0.4 is 5.32 Å². The Labute approximate surface area is 175 Å². The summed E-state index contributed by atoms with van der Waals surface area (Å²) in [5.74, 6) is 0.962. The number of aromatic nitrogens is 4. The van der Waals surface area contributed by atoms with Crippen LogP contribution in [0.2, 0.25) is 0 Å². The van der Waals surface area contributed by atoms with Crippen LogP contribution in [0, 0.1) is 0 Å². The van der Waals surface area contributed by atoms with Gasteiger partial charge in [-0.05, 0) is 36.6 Å². The molecule has 6 nitrogen and oxygen atoms in total. The summed E-state index contributed by atoms with van der Waals surface area (Å²) in [6.07, 6.45) is 6.23. The number of carbonyl (C=O) groups is 1. The minimum absolute atomic E-state index is 0.0410. The van der Waals surface area contributed by atoms with E-state index in [4.69, 9.17) is 0 Å². The van der Waals surface area contributed by atoms with Gasteiger partial charge in [0.25, 0.3) is 0 Å². The molecule has 0 aliphatic heterocycles. The Kier molecular flexibility index (Phi) is 7.19. The number of benzene rings is 1. The summed E-state index contributed by atoms with van der Waals surface area (Å²) in [4.78, 5) is 16.5. The molecule has 0 saturated carbocycles. The first-order chi connectivity index (χ1) is 14.1. The largest absolute Gasteiger partial charge is 0.349 e. The molecule has 3 aromatic rings. The fourth-order valence-electron chi connectivity index (χ4n) is 2.94. The van der Waals surface area contributed by atoms with Gasteiger partial charge in [-0.25, -0.2) is 0 Å². The third-order valence-corrected chi connectivity index (χ3v) is 5.53. The highest BCUT2D eigenvalue weighted by atomic mass is 32.2. The molecule has 0 saturated heterocycles. The molecular weight excluding hydrogens is 382 g/mol. The van der Waals surface area contributed by atoms with Crippen LogP contribution >= 0.6 is 11.8 Å². The lowest BCUT2D eigenvalue weighted by Gasteiger charge is -2.15. The van der Waals surface area contributed by atoms with Crippen molar-refractivity contribution < 1.29 is 4.79 Å². The van der Waals surface area contributed by atoms with E-state index in [1.807, 2.05) is 23.6 Å². The number of nitrogens with zero attached hydrogens (tertiary/aromatic N) is 4. The first-order valence-corrected chi connectivity index (χ1v) is 10.6. The molecule has 150 valence electrons. The zero-order chi connectivity index (χ0) is 20.6. The third-order valence-electron chi connectivity index (χ3n) is 4.56. The van der Waals surface area contributed by atoms with Crippen LogP contribution in [0.4, 0.5) is 0 Å².